The van der Waals surface area contributed by atoms with E-state index >= 15 is 0 Å². The summed E-state index contributed by atoms with van der Waals surface area (Å²) in [6.45, 7) is 11.1. The normalized spacial score (nSPS) is 12.0. The van der Waals surface area contributed by atoms with Crippen LogP contribution in [0.15, 0.2) is 35.5 Å². The lowest BCUT2D eigenvalue weighted by Gasteiger charge is -2.16. The van der Waals surface area contributed by atoms with Gasteiger partial charge < -0.3 is 4.57 Å². The summed E-state index contributed by atoms with van der Waals surface area (Å²) >= 11 is 0. The van der Waals surface area contributed by atoms with Crippen LogP contribution in [-0.2, 0) is 23.0 Å². The second-order valence-electron chi connectivity index (χ2n) is 7.46. The van der Waals surface area contributed by atoms with Crippen LogP contribution in [0.5, 0.6) is 0 Å². The Kier molecular flexibility index (Phi) is 5.91. The van der Waals surface area contributed by atoms with Crippen LogP contribution in [0.4, 0.5) is 0 Å². The number of fused-ring (bicyclic) bond motifs is 1. The first kappa shape index (κ1) is 20.6. The van der Waals surface area contributed by atoms with E-state index in [1.807, 2.05) is 39.8 Å². The third-order valence-electron chi connectivity index (χ3n) is 5.43. The standard InChI is InChI=1S/C22H29N3O2S/c1-6-12-25-14-19(20-8-7-10-23-22(20)25)9-11-24-28(26,27)21-17(4)15(2)13-16(3)18(21)5/h7-8,10,13-14,24H,6,9,11-12H2,1-5H3. The van der Waals surface area contributed by atoms with E-state index in [0.29, 0.717) is 17.9 Å². The van der Waals surface area contributed by atoms with Gasteiger partial charge in [0.1, 0.15) is 5.65 Å². The molecule has 6 heteroatoms. The molecule has 0 saturated carbocycles. The average molecular weight is 400 g/mol. The van der Waals surface area contributed by atoms with E-state index in [2.05, 4.69) is 33.5 Å². The van der Waals surface area contributed by atoms with Crippen LogP contribution in [-0.4, -0.2) is 24.5 Å². The van der Waals surface area contributed by atoms with E-state index < -0.39 is 10.0 Å². The zero-order chi connectivity index (χ0) is 20.5. The molecule has 1 aromatic carbocycles. The van der Waals surface area contributed by atoms with Crippen molar-refractivity contribution in [2.75, 3.05) is 6.54 Å². The number of benzene rings is 1. The molecule has 2 heterocycles. The molecule has 0 spiro atoms. The van der Waals surface area contributed by atoms with Crippen molar-refractivity contribution >= 4 is 21.1 Å². The topological polar surface area (TPSA) is 64.0 Å². The fourth-order valence-corrected chi connectivity index (χ4v) is 5.43. The van der Waals surface area contributed by atoms with Crippen LogP contribution in [0.1, 0.15) is 41.2 Å². The minimum atomic E-state index is -3.57. The number of nitrogens with one attached hydrogen (secondary N) is 1. The Morgan fingerprint density at radius 1 is 1.11 bits per heavy atom. The van der Waals surface area contributed by atoms with Gasteiger partial charge in [-0.15, -0.1) is 0 Å². The van der Waals surface area contributed by atoms with Gasteiger partial charge in [-0.2, -0.15) is 0 Å². The number of nitrogens with zero attached hydrogens (tertiary/aromatic N) is 2. The first-order valence-corrected chi connectivity index (χ1v) is 11.2. The van der Waals surface area contributed by atoms with E-state index in [1.54, 1.807) is 6.20 Å². The van der Waals surface area contributed by atoms with Crippen molar-refractivity contribution in [3.05, 3.63) is 58.4 Å². The molecule has 0 unspecified atom stereocenters. The summed E-state index contributed by atoms with van der Waals surface area (Å²) in [4.78, 5) is 4.91. The van der Waals surface area contributed by atoms with Gasteiger partial charge in [0.05, 0.1) is 4.90 Å². The van der Waals surface area contributed by atoms with Crippen LogP contribution in [0.3, 0.4) is 0 Å². The number of hydrogen-bond acceptors (Lipinski definition) is 3. The highest BCUT2D eigenvalue weighted by atomic mass is 32.2. The molecule has 0 saturated heterocycles. The van der Waals surface area contributed by atoms with Gasteiger partial charge in [-0.25, -0.2) is 18.1 Å². The molecule has 5 nitrogen and oxygen atoms in total. The van der Waals surface area contributed by atoms with E-state index in [0.717, 1.165) is 51.8 Å². The molecule has 3 aromatic rings. The average Bonchev–Trinajstić information content (AvgIpc) is 2.98. The van der Waals surface area contributed by atoms with Crippen LogP contribution in [0.2, 0.25) is 0 Å². The Morgan fingerprint density at radius 3 is 2.43 bits per heavy atom. The van der Waals surface area contributed by atoms with Crippen molar-refractivity contribution in [3.63, 3.8) is 0 Å². The molecule has 150 valence electrons. The van der Waals surface area contributed by atoms with E-state index in [1.165, 1.54) is 0 Å². The number of aromatic nitrogens is 2. The van der Waals surface area contributed by atoms with Crippen molar-refractivity contribution in [3.8, 4) is 0 Å². The Labute approximate surface area is 167 Å². The first-order valence-electron chi connectivity index (χ1n) is 9.76. The van der Waals surface area contributed by atoms with Crippen molar-refractivity contribution in [2.45, 2.75) is 58.9 Å². The van der Waals surface area contributed by atoms with E-state index in [9.17, 15) is 8.42 Å². The predicted molar refractivity (Wildman–Crippen MR) is 114 cm³/mol. The van der Waals surface area contributed by atoms with Gasteiger partial charge in [0.15, 0.2) is 0 Å². The second-order valence-corrected chi connectivity index (χ2v) is 9.16. The molecule has 0 atom stereocenters. The molecule has 0 radical (unpaired) electrons. The lowest BCUT2D eigenvalue weighted by molar-refractivity contribution is 0.580. The molecule has 3 rings (SSSR count). The van der Waals surface area contributed by atoms with Gasteiger partial charge in [-0.3, -0.25) is 0 Å². The van der Waals surface area contributed by atoms with Gasteiger partial charge >= 0.3 is 0 Å². The highest BCUT2D eigenvalue weighted by Crippen LogP contribution is 2.26. The number of sulfonamides is 1. The lowest BCUT2D eigenvalue weighted by Crippen LogP contribution is -2.27. The maximum absolute atomic E-state index is 13.0. The van der Waals surface area contributed by atoms with Crippen molar-refractivity contribution < 1.29 is 8.42 Å². The number of pyridine rings is 1. The SMILES string of the molecule is CCCn1cc(CCNS(=O)(=O)c2c(C)c(C)cc(C)c2C)c2cccnc21. The van der Waals surface area contributed by atoms with Gasteiger partial charge in [0.25, 0.3) is 0 Å². The smallest absolute Gasteiger partial charge is 0.241 e. The summed E-state index contributed by atoms with van der Waals surface area (Å²) in [5.41, 5.74) is 5.71. The lowest BCUT2D eigenvalue weighted by atomic mass is 10.0. The molecule has 0 bridgehead atoms. The number of rotatable bonds is 7. The molecule has 28 heavy (non-hydrogen) atoms. The minimum absolute atomic E-state index is 0.355. The zero-order valence-corrected chi connectivity index (χ0v) is 18.2. The summed E-state index contributed by atoms with van der Waals surface area (Å²) in [5, 5.41) is 1.09. The first-order chi connectivity index (χ1) is 13.3. The van der Waals surface area contributed by atoms with Crippen molar-refractivity contribution in [1.29, 1.82) is 0 Å². The van der Waals surface area contributed by atoms with Gasteiger partial charge in [0, 0.05) is 30.9 Å². The van der Waals surface area contributed by atoms with E-state index in [-0.39, 0.29) is 0 Å². The van der Waals surface area contributed by atoms with Crippen LogP contribution in [0.25, 0.3) is 11.0 Å². The third kappa shape index (κ3) is 3.84. The minimum Gasteiger partial charge on any atom is -0.332 e. The fourth-order valence-electron chi connectivity index (χ4n) is 3.78. The van der Waals surface area contributed by atoms with Crippen LogP contribution in [0, 0.1) is 27.7 Å². The van der Waals surface area contributed by atoms with Crippen molar-refractivity contribution in [1.82, 2.24) is 14.3 Å². The summed E-state index contributed by atoms with van der Waals surface area (Å²) in [6.07, 6.45) is 5.55. The summed E-state index contributed by atoms with van der Waals surface area (Å²) in [6, 6.07) is 6.02. The van der Waals surface area contributed by atoms with Gasteiger partial charge in [-0.05, 0) is 80.5 Å². The molecular formula is C22H29N3O2S. The highest BCUT2D eigenvalue weighted by molar-refractivity contribution is 7.89. The second kappa shape index (κ2) is 8.05. The van der Waals surface area contributed by atoms with Gasteiger partial charge in [-0.1, -0.05) is 13.0 Å². The summed E-state index contributed by atoms with van der Waals surface area (Å²) < 4.78 is 31.0. The molecule has 0 fully saturated rings. The number of hydrogen-bond donors (Lipinski definition) is 1. The summed E-state index contributed by atoms with van der Waals surface area (Å²) in [7, 11) is -3.57. The molecule has 0 amide bonds. The largest absolute Gasteiger partial charge is 0.332 e. The molecule has 0 aliphatic heterocycles. The molecule has 2 aromatic heterocycles. The van der Waals surface area contributed by atoms with Crippen molar-refractivity contribution in [2.24, 2.45) is 0 Å². The quantitative estimate of drug-likeness (QED) is 0.647. The maximum atomic E-state index is 13.0. The third-order valence-corrected chi connectivity index (χ3v) is 7.17. The highest BCUT2D eigenvalue weighted by Gasteiger charge is 2.22. The Morgan fingerprint density at radius 2 is 1.79 bits per heavy atom. The Bertz CT molecular complexity index is 1090. The van der Waals surface area contributed by atoms with E-state index in [4.69, 9.17) is 0 Å². The maximum Gasteiger partial charge on any atom is 0.241 e. The molecule has 0 aliphatic rings. The fraction of sp³-hybridized carbons (Fsp3) is 0.409. The molecule has 0 aliphatic carbocycles. The summed E-state index contributed by atoms with van der Waals surface area (Å²) in [5.74, 6) is 0. The molecular weight excluding hydrogens is 370 g/mol. The molecule has 1 N–H and O–H groups in total. The Hall–Kier alpha value is -2.18. The van der Waals surface area contributed by atoms with Crippen LogP contribution >= 0.6 is 0 Å². The van der Waals surface area contributed by atoms with Gasteiger partial charge in [0.2, 0.25) is 10.0 Å². The number of aryl methyl sites for hydroxylation is 3. The predicted octanol–water partition coefficient (Wildman–Crippen LogP) is 4.20. The monoisotopic (exact) mass is 399 g/mol. The van der Waals surface area contributed by atoms with Crippen LogP contribution < -0.4 is 4.72 Å². The Balaban J connectivity index is 1.83. The zero-order valence-electron chi connectivity index (χ0n) is 17.3.